The van der Waals surface area contributed by atoms with Gasteiger partial charge in [-0.2, -0.15) is 8.78 Å². The Morgan fingerprint density at radius 3 is 2.42 bits per heavy atom. The van der Waals surface area contributed by atoms with Crippen molar-refractivity contribution in [1.82, 2.24) is 25.3 Å². The Balaban J connectivity index is 1.73. The summed E-state index contributed by atoms with van der Waals surface area (Å²) in [6, 6.07) is 6.72. The number of pyridine rings is 3. The van der Waals surface area contributed by atoms with Crippen LogP contribution in [0.3, 0.4) is 0 Å². The third-order valence-corrected chi connectivity index (χ3v) is 4.73. The summed E-state index contributed by atoms with van der Waals surface area (Å²) < 4.78 is 46.0. The molecule has 11 nitrogen and oxygen atoms in total. The quantitative estimate of drug-likeness (QED) is 0.216. The van der Waals surface area contributed by atoms with Crippen LogP contribution in [-0.2, 0) is 4.74 Å². The predicted octanol–water partition coefficient (Wildman–Crippen LogP) is 2.42. The molecule has 188 valence electrons. The van der Waals surface area contributed by atoms with Crippen LogP contribution >= 0.6 is 0 Å². The summed E-state index contributed by atoms with van der Waals surface area (Å²) in [5.74, 6) is 1.20. The fraction of sp³-hybridized carbons (Fsp3) is 0.136. The number of carbonyl (C=O) groups is 2. The number of amides is 2. The number of nitrogens with two attached hydrogens (primary N) is 2. The lowest BCUT2D eigenvalue weighted by Gasteiger charge is -2.21. The molecule has 2 amide bonds. The van der Waals surface area contributed by atoms with E-state index in [9.17, 15) is 22.8 Å². The maximum Gasteiger partial charge on any atom is 0.413 e. The van der Waals surface area contributed by atoms with E-state index in [4.69, 9.17) is 16.3 Å². The van der Waals surface area contributed by atoms with Crippen LogP contribution in [0.5, 0.6) is 0 Å². The molecule has 1 atom stereocenters. The number of anilines is 1. The van der Waals surface area contributed by atoms with Crippen molar-refractivity contribution < 1.29 is 27.5 Å². The van der Waals surface area contributed by atoms with Crippen LogP contribution in [0, 0.1) is 17.7 Å². The second kappa shape index (κ2) is 11.1. The Bertz CT molecular complexity index is 1300. The van der Waals surface area contributed by atoms with E-state index >= 15 is 0 Å². The summed E-state index contributed by atoms with van der Waals surface area (Å²) >= 11 is 0. The molecule has 3 aromatic heterocycles. The van der Waals surface area contributed by atoms with Gasteiger partial charge in [0.2, 0.25) is 11.9 Å². The number of carbonyl (C=O) groups excluding carboxylic acids is 2. The molecule has 0 aromatic carbocycles. The van der Waals surface area contributed by atoms with Crippen LogP contribution in [0.4, 0.5) is 23.7 Å². The van der Waals surface area contributed by atoms with E-state index in [2.05, 4.69) is 25.6 Å². The highest BCUT2D eigenvalue weighted by atomic mass is 19.2. The minimum atomic E-state index is -1.40. The van der Waals surface area contributed by atoms with Crippen molar-refractivity contribution in [2.24, 2.45) is 11.6 Å². The molecule has 0 radical (unpaired) electrons. The predicted molar refractivity (Wildman–Crippen MR) is 122 cm³/mol. The van der Waals surface area contributed by atoms with Gasteiger partial charge in [-0.1, -0.05) is 0 Å². The molecular weight excluding hydrogens is 481 g/mol. The third-order valence-electron chi connectivity index (χ3n) is 4.73. The molecule has 0 fully saturated rings. The molecule has 36 heavy (non-hydrogen) atoms. The van der Waals surface area contributed by atoms with Gasteiger partial charge in [0.05, 0.1) is 23.1 Å². The van der Waals surface area contributed by atoms with Gasteiger partial charge in [0.1, 0.15) is 11.8 Å². The van der Waals surface area contributed by atoms with Crippen molar-refractivity contribution in [3.8, 4) is 0 Å². The van der Waals surface area contributed by atoms with Crippen LogP contribution in [0.15, 0.2) is 54.7 Å². The van der Waals surface area contributed by atoms with Crippen molar-refractivity contribution in [2.45, 2.75) is 13.0 Å². The fourth-order valence-corrected chi connectivity index (χ4v) is 2.94. The zero-order valence-corrected chi connectivity index (χ0v) is 19.0. The summed E-state index contributed by atoms with van der Waals surface area (Å²) in [4.78, 5) is 35.3. The first-order chi connectivity index (χ1) is 17.1. The average molecular weight is 502 g/mol. The third kappa shape index (κ3) is 6.04. The number of alkyl carbamates (subject to hydrolysis) is 1. The molecule has 0 bridgehead atoms. The average Bonchev–Trinajstić information content (AvgIpc) is 2.84. The van der Waals surface area contributed by atoms with Gasteiger partial charge in [-0.25, -0.2) is 25.0 Å². The maximum atomic E-state index is 13.8. The van der Waals surface area contributed by atoms with E-state index in [1.165, 1.54) is 50.6 Å². The number of halogens is 3. The first-order valence-electron chi connectivity index (χ1n) is 10.2. The van der Waals surface area contributed by atoms with Crippen molar-refractivity contribution in [3.63, 3.8) is 0 Å². The Labute approximate surface area is 203 Å². The molecule has 0 spiro atoms. The molecule has 3 heterocycles. The molecule has 0 aliphatic heterocycles. The van der Waals surface area contributed by atoms with Gasteiger partial charge in [-0.3, -0.25) is 20.1 Å². The van der Waals surface area contributed by atoms with Gasteiger partial charge in [0.25, 0.3) is 5.91 Å². The van der Waals surface area contributed by atoms with Crippen molar-refractivity contribution in [1.29, 1.82) is 0 Å². The van der Waals surface area contributed by atoms with Gasteiger partial charge in [-0.15, -0.1) is 0 Å². The molecular formula is C22H21F3N8O3. The first-order valence-corrected chi connectivity index (χ1v) is 10.2. The highest BCUT2D eigenvalue weighted by Gasteiger charge is 2.20. The molecule has 0 saturated heterocycles. The fourth-order valence-electron chi connectivity index (χ4n) is 2.94. The molecule has 0 unspecified atom stereocenters. The highest BCUT2D eigenvalue weighted by molar-refractivity contribution is 6.04. The second-order valence-corrected chi connectivity index (χ2v) is 7.28. The number of nitrogens with zero attached hydrogens (tertiary/aromatic N) is 4. The topological polar surface area (TPSA) is 161 Å². The molecule has 0 saturated carbocycles. The molecule has 3 rings (SSSR count). The number of hydrogen-bond donors (Lipinski definition) is 4. The van der Waals surface area contributed by atoms with Gasteiger partial charge in [-0.05, 0) is 37.3 Å². The van der Waals surface area contributed by atoms with E-state index in [0.717, 1.165) is 17.3 Å². The van der Waals surface area contributed by atoms with Crippen LogP contribution in [0.2, 0.25) is 0 Å². The lowest BCUT2D eigenvalue weighted by molar-refractivity contribution is 0.101. The Kier molecular flexibility index (Phi) is 8.01. The normalized spacial score (nSPS) is 12.3. The number of hydrazine groups is 1. The number of nitrogens with one attached hydrogen (secondary N) is 2. The number of aromatic nitrogens is 3. The monoisotopic (exact) mass is 502 g/mol. The van der Waals surface area contributed by atoms with E-state index in [1.54, 1.807) is 0 Å². The molecule has 0 aliphatic carbocycles. The molecule has 14 heteroatoms. The van der Waals surface area contributed by atoms with Crippen molar-refractivity contribution >= 4 is 23.4 Å². The van der Waals surface area contributed by atoms with E-state index < -0.39 is 41.4 Å². The maximum absolute atomic E-state index is 13.8. The van der Waals surface area contributed by atoms with Crippen LogP contribution in [0.25, 0.3) is 5.70 Å². The first kappa shape index (κ1) is 25.9. The van der Waals surface area contributed by atoms with E-state index in [-0.39, 0.29) is 28.5 Å². The SMILES string of the molecule is C[C@@H](OC(=O)N/C(=C(/N)c1ccc(NC(=O)c2ccnc(F)c2F)cn1)N(C)N)c1cccnc1F. The number of ether oxygens (including phenoxy) is 1. The minimum Gasteiger partial charge on any atom is -0.441 e. The summed E-state index contributed by atoms with van der Waals surface area (Å²) in [6.07, 6.45) is 1.48. The number of hydrogen-bond acceptors (Lipinski definition) is 9. The van der Waals surface area contributed by atoms with Crippen molar-refractivity contribution in [3.05, 3.63) is 89.3 Å². The zero-order chi connectivity index (χ0) is 26.4. The summed E-state index contributed by atoms with van der Waals surface area (Å²) in [5, 5.41) is 5.74. The lowest BCUT2D eigenvalue weighted by Crippen LogP contribution is -2.39. The Morgan fingerprint density at radius 2 is 1.78 bits per heavy atom. The largest absolute Gasteiger partial charge is 0.441 e. The lowest BCUT2D eigenvalue weighted by atomic mass is 10.2. The van der Waals surface area contributed by atoms with Crippen LogP contribution < -0.4 is 22.2 Å². The van der Waals surface area contributed by atoms with Gasteiger partial charge in [0.15, 0.2) is 11.6 Å². The Hall–Kier alpha value is -4.72. The molecule has 6 N–H and O–H groups in total. The summed E-state index contributed by atoms with van der Waals surface area (Å²) in [5.41, 5.74) is 5.86. The standard InChI is InChI=1S/C22H21F3N8O3/c1-11(13-4-3-8-28-18(13)24)36-22(35)32-20(33(2)27)17(26)15-6-5-12(10-30-15)31-21(34)14-7-9-29-19(25)16(14)23/h3-11H,26-27H2,1-2H3,(H,31,34)(H,32,35)/b20-17-/t11-/m1/s1. The second-order valence-electron chi connectivity index (χ2n) is 7.28. The zero-order valence-electron chi connectivity index (χ0n) is 19.0. The van der Waals surface area contributed by atoms with Crippen molar-refractivity contribution in [2.75, 3.05) is 12.4 Å². The number of rotatable bonds is 7. The van der Waals surface area contributed by atoms with Gasteiger partial charge in [0, 0.05) is 25.0 Å². The van der Waals surface area contributed by atoms with Gasteiger partial charge >= 0.3 is 6.09 Å². The summed E-state index contributed by atoms with van der Waals surface area (Å²) in [6.45, 7) is 1.46. The minimum absolute atomic E-state index is 0.0703. The van der Waals surface area contributed by atoms with E-state index in [1.807, 2.05) is 0 Å². The highest BCUT2D eigenvalue weighted by Crippen LogP contribution is 2.20. The molecule has 0 aliphatic rings. The van der Waals surface area contributed by atoms with E-state index in [0.29, 0.717) is 0 Å². The van der Waals surface area contributed by atoms with Crippen LogP contribution in [-0.4, -0.2) is 39.0 Å². The van der Waals surface area contributed by atoms with Gasteiger partial charge < -0.3 is 15.8 Å². The summed E-state index contributed by atoms with van der Waals surface area (Å²) in [7, 11) is 1.39. The van der Waals surface area contributed by atoms with Crippen LogP contribution in [0.1, 0.15) is 34.6 Å². The Morgan fingerprint density at radius 1 is 1.06 bits per heavy atom. The molecule has 3 aromatic rings. The smallest absolute Gasteiger partial charge is 0.413 e.